The molecule has 7 heteroatoms. The first kappa shape index (κ1) is 9.54. The molecule has 0 N–H and O–H groups in total. The Kier molecular flexibility index (Phi) is 2.47. The summed E-state index contributed by atoms with van der Waals surface area (Å²) in [6, 6.07) is 1.37. The van der Waals surface area contributed by atoms with Crippen molar-refractivity contribution in [3.8, 4) is 5.75 Å². The van der Waals surface area contributed by atoms with Gasteiger partial charge in [0.15, 0.2) is 4.47 Å². The Morgan fingerprint density at radius 1 is 1.50 bits per heavy atom. The number of hydrogen-bond donors (Lipinski definition) is 0. The molecule has 0 aromatic carbocycles. The van der Waals surface area contributed by atoms with E-state index in [9.17, 15) is 8.78 Å². The number of ether oxygens (including phenoxy) is 1. The van der Waals surface area contributed by atoms with E-state index in [0.717, 1.165) is 0 Å². The minimum Gasteiger partial charge on any atom is -0.433 e. The predicted molar refractivity (Wildman–Crippen MR) is 49.1 cm³/mol. The highest BCUT2D eigenvalue weighted by Gasteiger charge is 2.08. The molecule has 2 heterocycles. The second kappa shape index (κ2) is 3.62. The molecule has 2 aromatic heterocycles. The fourth-order valence-electron chi connectivity index (χ4n) is 0.945. The molecule has 3 nitrogen and oxygen atoms in total. The highest BCUT2D eigenvalue weighted by molar-refractivity contribution is 7.21. The molecule has 2 aromatic rings. The standard InChI is InChI=1S/C7H3ClF2N2OS/c8-6-12-4-1-3(13-7(9)10)2-11-5(4)14-6/h1-2,7H. The van der Waals surface area contributed by atoms with Gasteiger partial charge in [0.2, 0.25) is 0 Å². The molecule has 0 amide bonds. The second-order valence-corrected chi connectivity index (χ2v) is 3.90. The Labute approximate surface area is 86.3 Å². The van der Waals surface area contributed by atoms with Crippen LogP contribution in [-0.2, 0) is 0 Å². The maximum atomic E-state index is 11.8. The van der Waals surface area contributed by atoms with Gasteiger partial charge < -0.3 is 4.74 Å². The van der Waals surface area contributed by atoms with Crippen molar-refractivity contribution in [1.29, 1.82) is 0 Å². The molecule has 2 rings (SSSR count). The van der Waals surface area contributed by atoms with E-state index in [0.29, 0.717) is 14.8 Å². The summed E-state index contributed by atoms with van der Waals surface area (Å²) in [6.45, 7) is -2.86. The zero-order chi connectivity index (χ0) is 10.1. The van der Waals surface area contributed by atoms with Crippen LogP contribution in [0.2, 0.25) is 4.47 Å². The number of aromatic nitrogens is 2. The van der Waals surface area contributed by atoms with Crippen molar-refractivity contribution >= 4 is 33.3 Å². The monoisotopic (exact) mass is 236 g/mol. The largest absolute Gasteiger partial charge is 0.433 e. The van der Waals surface area contributed by atoms with Gasteiger partial charge in [0.1, 0.15) is 16.1 Å². The van der Waals surface area contributed by atoms with Crippen LogP contribution in [-0.4, -0.2) is 16.6 Å². The minimum atomic E-state index is -2.86. The van der Waals surface area contributed by atoms with Gasteiger partial charge in [-0.15, -0.1) is 0 Å². The molecule has 0 spiro atoms. The molecule has 74 valence electrons. The molecule has 0 saturated heterocycles. The molecule has 14 heavy (non-hydrogen) atoms. The molecular formula is C7H3ClF2N2OS. The summed E-state index contributed by atoms with van der Waals surface area (Å²) in [5, 5.41) is 0. The smallest absolute Gasteiger partial charge is 0.387 e. The SMILES string of the molecule is FC(F)Oc1cnc2sc(Cl)nc2c1. The normalized spacial score (nSPS) is 11.1. The number of fused-ring (bicyclic) bond motifs is 1. The van der Waals surface area contributed by atoms with Crippen LogP contribution in [0.25, 0.3) is 10.3 Å². The van der Waals surface area contributed by atoms with Gasteiger partial charge in [-0.25, -0.2) is 9.97 Å². The van der Waals surface area contributed by atoms with Crippen LogP contribution in [0.4, 0.5) is 8.78 Å². The van der Waals surface area contributed by atoms with E-state index in [4.69, 9.17) is 11.6 Å². The Balaban J connectivity index is 2.40. The van der Waals surface area contributed by atoms with Crippen molar-refractivity contribution in [3.63, 3.8) is 0 Å². The number of nitrogens with zero attached hydrogens (tertiary/aromatic N) is 2. The van der Waals surface area contributed by atoms with Crippen molar-refractivity contribution < 1.29 is 13.5 Å². The molecule has 0 atom stereocenters. The van der Waals surface area contributed by atoms with E-state index in [1.54, 1.807) is 0 Å². The van der Waals surface area contributed by atoms with E-state index in [1.807, 2.05) is 0 Å². The third kappa shape index (κ3) is 1.91. The van der Waals surface area contributed by atoms with Crippen LogP contribution >= 0.6 is 22.9 Å². The summed E-state index contributed by atoms with van der Waals surface area (Å²) in [5.74, 6) is -0.0190. The van der Waals surface area contributed by atoms with Crippen molar-refractivity contribution in [2.45, 2.75) is 6.61 Å². The number of halogens is 3. The van der Waals surface area contributed by atoms with E-state index < -0.39 is 6.61 Å². The van der Waals surface area contributed by atoms with Gasteiger partial charge in [-0.3, -0.25) is 0 Å². The van der Waals surface area contributed by atoms with E-state index >= 15 is 0 Å². The first-order valence-electron chi connectivity index (χ1n) is 3.52. The molecule has 0 aliphatic heterocycles. The first-order valence-corrected chi connectivity index (χ1v) is 4.71. The summed E-state index contributed by atoms with van der Waals surface area (Å²) in [5.41, 5.74) is 0.457. The summed E-state index contributed by atoms with van der Waals surface area (Å²) in [7, 11) is 0. The number of hydrogen-bond acceptors (Lipinski definition) is 4. The van der Waals surface area contributed by atoms with Crippen LogP contribution in [0.1, 0.15) is 0 Å². The van der Waals surface area contributed by atoms with Gasteiger partial charge >= 0.3 is 6.61 Å². The van der Waals surface area contributed by atoms with Crippen molar-refractivity contribution in [2.24, 2.45) is 0 Å². The van der Waals surface area contributed by atoms with Gasteiger partial charge in [-0.2, -0.15) is 8.78 Å². The van der Waals surface area contributed by atoms with Crippen LogP contribution in [0.5, 0.6) is 5.75 Å². The number of pyridine rings is 1. The van der Waals surface area contributed by atoms with Crippen molar-refractivity contribution in [2.75, 3.05) is 0 Å². The molecule has 0 unspecified atom stereocenters. The Morgan fingerprint density at radius 3 is 3.00 bits per heavy atom. The predicted octanol–water partition coefficient (Wildman–Crippen LogP) is 2.95. The van der Waals surface area contributed by atoms with Crippen LogP contribution < -0.4 is 4.74 Å². The van der Waals surface area contributed by atoms with Crippen molar-refractivity contribution in [3.05, 3.63) is 16.7 Å². The van der Waals surface area contributed by atoms with Gasteiger partial charge in [-0.05, 0) is 0 Å². The lowest BCUT2D eigenvalue weighted by atomic mass is 10.4. The average Bonchev–Trinajstić information content (AvgIpc) is 2.42. The molecular weight excluding hydrogens is 234 g/mol. The quantitative estimate of drug-likeness (QED) is 0.804. The summed E-state index contributed by atoms with van der Waals surface area (Å²) >= 11 is 6.80. The van der Waals surface area contributed by atoms with Gasteiger partial charge in [0.05, 0.1) is 6.20 Å². The molecule has 0 aliphatic rings. The van der Waals surface area contributed by atoms with Crippen LogP contribution in [0.3, 0.4) is 0 Å². The van der Waals surface area contributed by atoms with Crippen LogP contribution in [0.15, 0.2) is 12.3 Å². The zero-order valence-electron chi connectivity index (χ0n) is 6.58. The lowest BCUT2D eigenvalue weighted by Gasteiger charge is -2.01. The number of rotatable bonds is 2. The molecule has 0 radical (unpaired) electrons. The molecule has 0 saturated carbocycles. The third-order valence-electron chi connectivity index (χ3n) is 1.42. The first-order chi connectivity index (χ1) is 6.65. The summed E-state index contributed by atoms with van der Waals surface area (Å²) in [6.07, 6.45) is 1.21. The third-order valence-corrected chi connectivity index (χ3v) is 2.51. The highest BCUT2D eigenvalue weighted by atomic mass is 35.5. The lowest BCUT2D eigenvalue weighted by molar-refractivity contribution is -0.0499. The molecule has 0 bridgehead atoms. The van der Waals surface area contributed by atoms with E-state index in [2.05, 4.69) is 14.7 Å². The maximum Gasteiger partial charge on any atom is 0.387 e. The topological polar surface area (TPSA) is 35.0 Å². The average molecular weight is 237 g/mol. The maximum absolute atomic E-state index is 11.8. The van der Waals surface area contributed by atoms with Crippen LogP contribution in [0, 0.1) is 0 Å². The zero-order valence-corrected chi connectivity index (χ0v) is 8.15. The summed E-state index contributed by atoms with van der Waals surface area (Å²) in [4.78, 5) is 8.34. The number of thiazole rings is 1. The molecule has 0 fully saturated rings. The van der Waals surface area contributed by atoms with E-state index in [-0.39, 0.29) is 5.75 Å². The van der Waals surface area contributed by atoms with E-state index in [1.165, 1.54) is 23.6 Å². The van der Waals surface area contributed by atoms with Crippen molar-refractivity contribution in [1.82, 2.24) is 9.97 Å². The fraction of sp³-hybridized carbons (Fsp3) is 0.143. The Bertz CT molecular complexity index is 462. The Morgan fingerprint density at radius 2 is 2.29 bits per heavy atom. The number of alkyl halides is 2. The second-order valence-electron chi connectivity index (χ2n) is 2.34. The van der Waals surface area contributed by atoms with Gasteiger partial charge in [-0.1, -0.05) is 22.9 Å². The highest BCUT2D eigenvalue weighted by Crippen LogP contribution is 2.26. The van der Waals surface area contributed by atoms with Gasteiger partial charge in [0.25, 0.3) is 0 Å². The Hall–Kier alpha value is -1.01. The summed E-state index contributed by atoms with van der Waals surface area (Å²) < 4.78 is 28.1. The fourth-order valence-corrected chi connectivity index (χ4v) is 1.87. The minimum absolute atomic E-state index is 0.0190. The molecule has 0 aliphatic carbocycles. The lowest BCUT2D eigenvalue weighted by Crippen LogP contribution is -2.01. The van der Waals surface area contributed by atoms with Gasteiger partial charge in [0, 0.05) is 6.07 Å².